The highest BCUT2D eigenvalue weighted by atomic mass is 79.9. The standard InChI is InChI=1S/C22H21BrN4O/c23-19-9-3-16(4-10-19)15-26-22(28)18-7-5-17(6-8-18)20-21(25-12-11-24-20)27-13-1-2-14-27/h3-12H,1-2,13-15H2,(H,26,28). The van der Waals surface area contributed by atoms with Gasteiger partial charge in [-0.3, -0.25) is 9.78 Å². The van der Waals surface area contributed by atoms with Crippen LogP contribution >= 0.6 is 15.9 Å². The van der Waals surface area contributed by atoms with Gasteiger partial charge in [-0.1, -0.05) is 40.2 Å². The number of nitrogens with one attached hydrogen (secondary N) is 1. The molecule has 0 unspecified atom stereocenters. The minimum atomic E-state index is -0.0895. The SMILES string of the molecule is O=C(NCc1ccc(Br)cc1)c1ccc(-c2nccnc2N2CCCC2)cc1. The molecule has 142 valence electrons. The molecular formula is C22H21BrN4O. The summed E-state index contributed by atoms with van der Waals surface area (Å²) in [5.41, 5.74) is 3.53. The van der Waals surface area contributed by atoms with Crippen molar-refractivity contribution in [2.24, 2.45) is 0 Å². The van der Waals surface area contributed by atoms with E-state index >= 15 is 0 Å². The van der Waals surface area contributed by atoms with Crippen molar-refractivity contribution in [1.82, 2.24) is 15.3 Å². The molecule has 28 heavy (non-hydrogen) atoms. The van der Waals surface area contributed by atoms with Crippen LogP contribution in [0.1, 0.15) is 28.8 Å². The third-order valence-electron chi connectivity index (χ3n) is 4.87. The van der Waals surface area contributed by atoms with Crippen LogP contribution in [-0.4, -0.2) is 29.0 Å². The number of rotatable bonds is 5. The number of carbonyl (C=O) groups is 1. The van der Waals surface area contributed by atoms with Crippen molar-refractivity contribution in [3.63, 3.8) is 0 Å². The van der Waals surface area contributed by atoms with Crippen LogP contribution in [0.3, 0.4) is 0 Å². The van der Waals surface area contributed by atoms with E-state index in [1.165, 1.54) is 12.8 Å². The summed E-state index contributed by atoms with van der Waals surface area (Å²) in [7, 11) is 0. The smallest absolute Gasteiger partial charge is 0.251 e. The highest BCUT2D eigenvalue weighted by Crippen LogP contribution is 2.29. The van der Waals surface area contributed by atoms with Gasteiger partial charge in [0.25, 0.3) is 5.91 Å². The van der Waals surface area contributed by atoms with Gasteiger partial charge in [0.2, 0.25) is 0 Å². The molecule has 4 rings (SSSR count). The average molecular weight is 437 g/mol. The molecule has 2 heterocycles. The van der Waals surface area contributed by atoms with Crippen LogP contribution in [0.2, 0.25) is 0 Å². The lowest BCUT2D eigenvalue weighted by molar-refractivity contribution is 0.0951. The molecule has 0 atom stereocenters. The zero-order valence-electron chi connectivity index (χ0n) is 15.4. The van der Waals surface area contributed by atoms with Crippen LogP contribution in [0.15, 0.2) is 65.4 Å². The molecule has 1 fully saturated rings. The summed E-state index contributed by atoms with van der Waals surface area (Å²) in [6.45, 7) is 2.53. The summed E-state index contributed by atoms with van der Waals surface area (Å²) in [4.78, 5) is 23.8. The Balaban J connectivity index is 1.47. The van der Waals surface area contributed by atoms with E-state index < -0.39 is 0 Å². The second-order valence-corrected chi connectivity index (χ2v) is 7.72. The summed E-state index contributed by atoms with van der Waals surface area (Å²) in [6, 6.07) is 15.5. The van der Waals surface area contributed by atoms with Crippen LogP contribution in [0.25, 0.3) is 11.3 Å². The van der Waals surface area contributed by atoms with E-state index in [1.54, 1.807) is 12.4 Å². The molecule has 0 aliphatic carbocycles. The highest BCUT2D eigenvalue weighted by molar-refractivity contribution is 9.10. The number of aromatic nitrogens is 2. The average Bonchev–Trinajstić information content (AvgIpc) is 3.28. The van der Waals surface area contributed by atoms with Gasteiger partial charge in [0, 0.05) is 47.6 Å². The number of amides is 1. The zero-order valence-corrected chi connectivity index (χ0v) is 17.0. The first kappa shape index (κ1) is 18.6. The normalized spacial score (nSPS) is 13.5. The fourth-order valence-corrected chi connectivity index (χ4v) is 3.63. The zero-order chi connectivity index (χ0) is 19.3. The quantitative estimate of drug-likeness (QED) is 0.642. The number of hydrogen-bond donors (Lipinski definition) is 1. The van der Waals surface area contributed by atoms with E-state index in [-0.39, 0.29) is 5.91 Å². The third-order valence-corrected chi connectivity index (χ3v) is 5.40. The molecule has 2 aromatic carbocycles. The van der Waals surface area contributed by atoms with Crippen LogP contribution in [0.5, 0.6) is 0 Å². The van der Waals surface area contributed by atoms with Crippen LogP contribution in [0.4, 0.5) is 5.82 Å². The maximum Gasteiger partial charge on any atom is 0.251 e. The predicted octanol–water partition coefficient (Wildman–Crippen LogP) is 4.44. The first-order valence-electron chi connectivity index (χ1n) is 9.40. The van der Waals surface area contributed by atoms with Crippen molar-refractivity contribution in [2.45, 2.75) is 19.4 Å². The van der Waals surface area contributed by atoms with Crippen LogP contribution in [-0.2, 0) is 6.54 Å². The summed E-state index contributed by atoms with van der Waals surface area (Å²) in [5.74, 6) is 0.834. The Kier molecular flexibility index (Phi) is 5.67. The Labute approximate surface area is 173 Å². The topological polar surface area (TPSA) is 58.1 Å². The Morgan fingerprint density at radius 1 is 0.964 bits per heavy atom. The minimum absolute atomic E-state index is 0.0895. The molecule has 5 nitrogen and oxygen atoms in total. The molecule has 3 aromatic rings. The molecule has 0 saturated carbocycles. The maximum absolute atomic E-state index is 12.5. The van der Waals surface area contributed by atoms with E-state index in [4.69, 9.17) is 0 Å². The van der Waals surface area contributed by atoms with Crippen LogP contribution < -0.4 is 10.2 Å². The fraction of sp³-hybridized carbons (Fsp3) is 0.227. The second kappa shape index (κ2) is 8.52. The van der Waals surface area contributed by atoms with E-state index in [2.05, 4.69) is 36.1 Å². The van der Waals surface area contributed by atoms with E-state index in [0.717, 1.165) is 40.2 Å². The van der Waals surface area contributed by atoms with Crippen molar-refractivity contribution in [2.75, 3.05) is 18.0 Å². The number of anilines is 1. The van der Waals surface area contributed by atoms with Gasteiger partial charge in [0.05, 0.1) is 0 Å². The lowest BCUT2D eigenvalue weighted by Gasteiger charge is -2.19. The number of carbonyl (C=O) groups excluding carboxylic acids is 1. The molecule has 1 aromatic heterocycles. The summed E-state index contributed by atoms with van der Waals surface area (Å²) < 4.78 is 1.02. The molecule has 1 aliphatic rings. The molecule has 0 bridgehead atoms. The number of halogens is 1. The lowest BCUT2D eigenvalue weighted by Crippen LogP contribution is -2.22. The van der Waals surface area contributed by atoms with Gasteiger partial charge in [0.1, 0.15) is 5.69 Å². The summed E-state index contributed by atoms with van der Waals surface area (Å²) >= 11 is 3.41. The first-order valence-corrected chi connectivity index (χ1v) is 10.2. The van der Waals surface area contributed by atoms with E-state index in [0.29, 0.717) is 12.1 Å². The third kappa shape index (κ3) is 4.22. The molecule has 1 N–H and O–H groups in total. The second-order valence-electron chi connectivity index (χ2n) is 6.81. The molecule has 0 radical (unpaired) electrons. The van der Waals surface area contributed by atoms with Gasteiger partial charge < -0.3 is 10.2 Å². The monoisotopic (exact) mass is 436 g/mol. The van der Waals surface area contributed by atoms with Crippen molar-refractivity contribution in [3.05, 3.63) is 76.5 Å². The number of benzene rings is 2. The van der Waals surface area contributed by atoms with Gasteiger partial charge in [-0.2, -0.15) is 0 Å². The Hall–Kier alpha value is -2.73. The van der Waals surface area contributed by atoms with Crippen LogP contribution in [0, 0.1) is 0 Å². The number of nitrogens with zero attached hydrogens (tertiary/aromatic N) is 3. The Morgan fingerprint density at radius 3 is 2.36 bits per heavy atom. The Bertz CT molecular complexity index is 951. The fourth-order valence-electron chi connectivity index (χ4n) is 3.36. The molecule has 1 aliphatic heterocycles. The van der Waals surface area contributed by atoms with Gasteiger partial charge >= 0.3 is 0 Å². The minimum Gasteiger partial charge on any atom is -0.355 e. The summed E-state index contributed by atoms with van der Waals surface area (Å²) in [6.07, 6.45) is 5.83. The van der Waals surface area contributed by atoms with Crippen molar-refractivity contribution >= 4 is 27.7 Å². The molecule has 6 heteroatoms. The van der Waals surface area contributed by atoms with Gasteiger partial charge in [-0.05, 0) is 42.7 Å². The molecule has 0 spiro atoms. The number of hydrogen-bond acceptors (Lipinski definition) is 4. The maximum atomic E-state index is 12.5. The molecule has 1 saturated heterocycles. The van der Waals surface area contributed by atoms with Crippen molar-refractivity contribution in [1.29, 1.82) is 0 Å². The van der Waals surface area contributed by atoms with Gasteiger partial charge in [0.15, 0.2) is 5.82 Å². The molecular weight excluding hydrogens is 416 g/mol. The van der Waals surface area contributed by atoms with Crippen molar-refractivity contribution < 1.29 is 4.79 Å². The van der Waals surface area contributed by atoms with E-state index in [9.17, 15) is 4.79 Å². The molecule has 1 amide bonds. The van der Waals surface area contributed by atoms with Crippen molar-refractivity contribution in [3.8, 4) is 11.3 Å². The van der Waals surface area contributed by atoms with Gasteiger partial charge in [-0.25, -0.2) is 4.98 Å². The Morgan fingerprint density at radius 2 is 1.64 bits per heavy atom. The lowest BCUT2D eigenvalue weighted by atomic mass is 10.1. The van der Waals surface area contributed by atoms with E-state index in [1.807, 2.05) is 48.5 Å². The van der Waals surface area contributed by atoms with Gasteiger partial charge in [-0.15, -0.1) is 0 Å². The highest BCUT2D eigenvalue weighted by Gasteiger charge is 2.18. The summed E-state index contributed by atoms with van der Waals surface area (Å²) in [5, 5.41) is 2.96. The predicted molar refractivity (Wildman–Crippen MR) is 114 cm³/mol. The largest absolute Gasteiger partial charge is 0.355 e. The first-order chi connectivity index (χ1) is 13.7.